The van der Waals surface area contributed by atoms with Crippen molar-refractivity contribution in [2.45, 2.75) is 12.5 Å². The van der Waals surface area contributed by atoms with Gasteiger partial charge in [-0.25, -0.2) is 9.78 Å². The lowest BCUT2D eigenvalue weighted by atomic mass is 10.2. The van der Waals surface area contributed by atoms with Crippen LogP contribution in [-0.2, 0) is 4.57 Å². The summed E-state index contributed by atoms with van der Waals surface area (Å²) in [7, 11) is -2.42. The van der Waals surface area contributed by atoms with Crippen LogP contribution in [-0.4, -0.2) is 32.1 Å². The largest absolute Gasteiger partial charge is 0.639 e. The van der Waals surface area contributed by atoms with Crippen LogP contribution >= 0.6 is 8.18 Å². The highest BCUT2D eigenvalue weighted by atomic mass is 31.1. The van der Waals surface area contributed by atoms with E-state index >= 15 is 0 Å². The van der Waals surface area contributed by atoms with E-state index in [1.54, 1.807) is 10.6 Å². The Morgan fingerprint density at radius 1 is 1.72 bits per heavy atom. The average Bonchev–Trinajstić information content (AvgIpc) is 2.73. The van der Waals surface area contributed by atoms with Crippen molar-refractivity contribution in [1.82, 2.24) is 14.6 Å². The number of carboxylic acids is 1. The number of allylic oxidation sites excluding steroid dienone is 1. The molecule has 0 spiro atoms. The van der Waals surface area contributed by atoms with Gasteiger partial charge in [-0.1, -0.05) is 0 Å². The Bertz CT molecular complexity index is 513. The number of carboxylic acid groups (broad SMARTS) is 1. The van der Waals surface area contributed by atoms with Crippen molar-refractivity contribution in [2.24, 2.45) is 0 Å². The van der Waals surface area contributed by atoms with E-state index in [9.17, 15) is 9.36 Å². The second-order valence-corrected chi connectivity index (χ2v) is 4.51. The van der Waals surface area contributed by atoms with Gasteiger partial charge >= 0.3 is 14.1 Å². The van der Waals surface area contributed by atoms with Crippen LogP contribution in [0.2, 0.25) is 0 Å². The SMILES string of the molecule is O=C(O)c1cn2c(n1)NCCC2/C=C/N[P+](=O)O. The molecule has 1 aromatic heterocycles. The van der Waals surface area contributed by atoms with Crippen molar-refractivity contribution in [1.29, 1.82) is 0 Å². The summed E-state index contributed by atoms with van der Waals surface area (Å²) >= 11 is 0. The Morgan fingerprint density at radius 2 is 2.50 bits per heavy atom. The number of anilines is 1. The van der Waals surface area contributed by atoms with Crippen LogP contribution in [0.25, 0.3) is 0 Å². The molecule has 2 atom stereocenters. The Labute approximate surface area is 103 Å². The molecule has 0 bridgehead atoms. The number of fused-ring (bicyclic) bond motifs is 1. The number of nitrogens with zero attached hydrogens (tertiary/aromatic N) is 2. The number of aromatic nitrogens is 2. The van der Waals surface area contributed by atoms with Gasteiger partial charge in [-0.05, 0) is 17.1 Å². The molecule has 0 radical (unpaired) electrons. The molecule has 4 N–H and O–H groups in total. The third kappa shape index (κ3) is 2.66. The highest BCUT2D eigenvalue weighted by Crippen LogP contribution is 2.25. The minimum absolute atomic E-state index is 0.0287. The molecule has 0 fully saturated rings. The monoisotopic (exact) mass is 271 g/mol. The van der Waals surface area contributed by atoms with E-state index in [2.05, 4.69) is 15.4 Å². The molecule has 0 saturated carbocycles. The zero-order chi connectivity index (χ0) is 13.1. The summed E-state index contributed by atoms with van der Waals surface area (Å²) in [6.45, 7) is 0.663. The molecule has 8 nitrogen and oxygen atoms in total. The molecule has 96 valence electrons. The first-order valence-corrected chi connectivity index (χ1v) is 6.44. The topological polar surface area (TPSA) is 116 Å². The van der Waals surface area contributed by atoms with Crippen LogP contribution in [0.15, 0.2) is 18.5 Å². The molecule has 2 rings (SSSR count). The van der Waals surface area contributed by atoms with E-state index in [-0.39, 0.29) is 11.7 Å². The predicted octanol–water partition coefficient (Wildman–Crippen LogP) is 0.691. The summed E-state index contributed by atoms with van der Waals surface area (Å²) in [4.78, 5) is 23.3. The lowest BCUT2D eigenvalue weighted by Crippen LogP contribution is -2.21. The molecule has 1 aliphatic heterocycles. The normalized spacial score (nSPS) is 19.2. The number of nitrogens with one attached hydrogen (secondary N) is 2. The van der Waals surface area contributed by atoms with E-state index < -0.39 is 14.1 Å². The lowest BCUT2D eigenvalue weighted by molar-refractivity contribution is 0.0691. The number of imidazole rings is 1. The fourth-order valence-electron chi connectivity index (χ4n) is 1.76. The van der Waals surface area contributed by atoms with E-state index in [1.165, 1.54) is 12.4 Å². The first kappa shape index (κ1) is 12.5. The first-order chi connectivity index (χ1) is 8.58. The molecule has 0 aliphatic carbocycles. The van der Waals surface area contributed by atoms with Crippen LogP contribution in [0, 0.1) is 0 Å². The quantitative estimate of drug-likeness (QED) is 0.595. The van der Waals surface area contributed by atoms with Crippen molar-refractivity contribution in [2.75, 3.05) is 11.9 Å². The zero-order valence-electron chi connectivity index (χ0n) is 9.28. The predicted molar refractivity (Wildman–Crippen MR) is 63.4 cm³/mol. The molecular formula is C9H12N4O4P+. The van der Waals surface area contributed by atoms with Crippen molar-refractivity contribution >= 4 is 20.1 Å². The Morgan fingerprint density at radius 3 is 3.17 bits per heavy atom. The van der Waals surface area contributed by atoms with Gasteiger partial charge in [0.2, 0.25) is 5.95 Å². The maximum Gasteiger partial charge on any atom is 0.639 e. The lowest BCUT2D eigenvalue weighted by Gasteiger charge is -2.22. The maximum atomic E-state index is 10.8. The van der Waals surface area contributed by atoms with Gasteiger partial charge < -0.3 is 15.0 Å². The first-order valence-electron chi connectivity index (χ1n) is 5.23. The van der Waals surface area contributed by atoms with Gasteiger partial charge in [0.1, 0.15) is 0 Å². The summed E-state index contributed by atoms with van der Waals surface area (Å²) in [5, 5.41) is 14.1. The third-order valence-corrected chi connectivity index (χ3v) is 2.91. The van der Waals surface area contributed by atoms with Gasteiger partial charge in [0.15, 0.2) is 5.69 Å². The van der Waals surface area contributed by atoms with Crippen molar-refractivity contribution < 1.29 is 19.4 Å². The van der Waals surface area contributed by atoms with E-state index in [0.29, 0.717) is 12.5 Å². The van der Waals surface area contributed by atoms with Crippen molar-refractivity contribution in [3.05, 3.63) is 24.2 Å². The molecule has 0 amide bonds. The van der Waals surface area contributed by atoms with E-state index in [4.69, 9.17) is 10.00 Å². The summed E-state index contributed by atoms with van der Waals surface area (Å²) < 4.78 is 12.1. The van der Waals surface area contributed by atoms with Gasteiger partial charge in [0.05, 0.1) is 6.04 Å². The number of aromatic carboxylic acids is 1. The second-order valence-electron chi connectivity index (χ2n) is 3.71. The minimum atomic E-state index is -2.42. The molecule has 9 heteroatoms. The molecule has 2 heterocycles. The van der Waals surface area contributed by atoms with Crippen LogP contribution in [0.1, 0.15) is 23.0 Å². The van der Waals surface area contributed by atoms with Crippen molar-refractivity contribution in [3.8, 4) is 0 Å². The second kappa shape index (κ2) is 5.16. The molecule has 0 saturated heterocycles. The van der Waals surface area contributed by atoms with Gasteiger partial charge in [0.25, 0.3) is 0 Å². The minimum Gasteiger partial charge on any atom is -0.476 e. The molecule has 2 unspecified atom stereocenters. The Balaban J connectivity index is 2.19. The number of hydrogen-bond acceptors (Lipinski definition) is 4. The van der Waals surface area contributed by atoms with E-state index in [1.807, 2.05) is 0 Å². The molecule has 0 aromatic carbocycles. The van der Waals surface area contributed by atoms with Crippen LogP contribution < -0.4 is 10.4 Å². The fraction of sp³-hybridized carbons (Fsp3) is 0.333. The smallest absolute Gasteiger partial charge is 0.476 e. The molecular weight excluding hydrogens is 259 g/mol. The van der Waals surface area contributed by atoms with Crippen LogP contribution in [0.3, 0.4) is 0 Å². The summed E-state index contributed by atoms with van der Waals surface area (Å²) in [6.07, 6.45) is 5.26. The summed E-state index contributed by atoms with van der Waals surface area (Å²) in [5.74, 6) is -0.598. The summed E-state index contributed by atoms with van der Waals surface area (Å²) in [5.41, 5.74) is -0.0287. The zero-order valence-corrected chi connectivity index (χ0v) is 10.2. The third-order valence-electron chi connectivity index (χ3n) is 2.54. The van der Waals surface area contributed by atoms with Gasteiger partial charge in [-0.15, -0.1) is 4.89 Å². The standard InChI is InChI=1S/C9H11N4O4P/c14-8(15)7-5-13-6(2-4-11-18(16)17)1-3-10-9(13)12-7/h2,4-6H,1,3H2,(H3-,10,11,12,14,15,16,17)/p+1/b4-2+. The van der Waals surface area contributed by atoms with Crippen LogP contribution in [0.5, 0.6) is 0 Å². The molecule has 18 heavy (non-hydrogen) atoms. The van der Waals surface area contributed by atoms with Gasteiger partial charge in [-0.2, -0.15) is 5.09 Å². The van der Waals surface area contributed by atoms with Crippen LogP contribution in [0.4, 0.5) is 5.95 Å². The van der Waals surface area contributed by atoms with Gasteiger partial charge in [0, 0.05) is 18.9 Å². The van der Waals surface area contributed by atoms with E-state index in [0.717, 1.165) is 6.42 Å². The molecule has 1 aliphatic rings. The average molecular weight is 271 g/mol. The fourth-order valence-corrected chi connectivity index (χ4v) is 1.97. The Hall–Kier alpha value is -1.92. The van der Waals surface area contributed by atoms with Gasteiger partial charge in [-0.3, -0.25) is 0 Å². The maximum absolute atomic E-state index is 10.8. The number of carbonyl (C=O) groups is 1. The summed E-state index contributed by atoms with van der Waals surface area (Å²) in [6, 6.07) is -0.0932. The molecule has 1 aromatic rings. The Kier molecular flexibility index (Phi) is 3.59. The number of rotatable bonds is 4. The number of hydrogen-bond donors (Lipinski definition) is 4. The highest BCUT2D eigenvalue weighted by molar-refractivity contribution is 7.35. The highest BCUT2D eigenvalue weighted by Gasteiger charge is 2.21. The van der Waals surface area contributed by atoms with Crippen molar-refractivity contribution in [3.63, 3.8) is 0 Å².